The van der Waals surface area contributed by atoms with E-state index < -0.39 is 0 Å². The zero-order chi connectivity index (χ0) is 9.68. The molecule has 0 heterocycles. The molecule has 0 aromatic heterocycles. The third-order valence-electron chi connectivity index (χ3n) is 1.78. The highest BCUT2D eigenvalue weighted by atomic mass is 16.1. The van der Waals surface area contributed by atoms with E-state index in [4.69, 9.17) is 0 Å². The summed E-state index contributed by atoms with van der Waals surface area (Å²) in [6.07, 6.45) is 0.884. The van der Waals surface area contributed by atoms with Crippen LogP contribution in [-0.2, 0) is 4.79 Å². The van der Waals surface area contributed by atoms with Gasteiger partial charge in [-0.2, -0.15) is 0 Å². The number of carbonyl (C=O) groups excluding carboxylic acids is 1. The number of nitrogens with zero attached hydrogens (tertiary/aromatic N) is 1. The van der Waals surface area contributed by atoms with Gasteiger partial charge in [-0.3, -0.25) is 4.79 Å². The minimum atomic E-state index is 0.491. The lowest BCUT2D eigenvalue weighted by Gasteiger charge is -2.19. The van der Waals surface area contributed by atoms with Crippen molar-refractivity contribution in [3.05, 3.63) is 30.3 Å². The summed E-state index contributed by atoms with van der Waals surface area (Å²) in [5.74, 6) is 0.491. The normalized spacial score (nSPS) is 10.1. The number of carbonyl (C=O) groups is 1. The molecule has 0 N–H and O–H groups in total. The molecular formula is C11H15NO. The fourth-order valence-electron chi connectivity index (χ4n) is 1.22. The van der Waals surface area contributed by atoms with Gasteiger partial charge in [-0.05, 0) is 18.1 Å². The molecule has 0 bridgehead atoms. The Balaban J connectivity index is 2.73. The van der Waals surface area contributed by atoms with E-state index >= 15 is 0 Å². The summed E-state index contributed by atoms with van der Waals surface area (Å²) in [7, 11) is 0. The first-order valence-electron chi connectivity index (χ1n) is 4.51. The van der Waals surface area contributed by atoms with Gasteiger partial charge in [0.2, 0.25) is 6.41 Å². The van der Waals surface area contributed by atoms with Crippen LogP contribution in [0.15, 0.2) is 30.3 Å². The largest absolute Gasteiger partial charge is 0.315 e. The zero-order valence-corrected chi connectivity index (χ0v) is 8.10. The van der Waals surface area contributed by atoms with Crippen LogP contribution >= 0.6 is 0 Å². The molecule has 2 nitrogen and oxygen atoms in total. The molecule has 0 radical (unpaired) electrons. The molecule has 0 atom stereocenters. The number of para-hydroxylation sites is 1. The Bertz CT molecular complexity index is 256. The lowest BCUT2D eigenvalue weighted by Crippen LogP contribution is -2.25. The van der Waals surface area contributed by atoms with Gasteiger partial charge < -0.3 is 4.90 Å². The summed E-state index contributed by atoms with van der Waals surface area (Å²) in [5.41, 5.74) is 0.964. The standard InChI is InChI=1S/C11H15NO/c1-10(2)8-12(9-13)11-6-4-3-5-7-11/h3-7,9-10H,8H2,1-2H3. The molecule has 13 heavy (non-hydrogen) atoms. The minimum Gasteiger partial charge on any atom is -0.315 e. The lowest BCUT2D eigenvalue weighted by atomic mass is 10.2. The second-order valence-corrected chi connectivity index (χ2v) is 3.49. The fraction of sp³-hybridized carbons (Fsp3) is 0.364. The van der Waals surface area contributed by atoms with Gasteiger partial charge in [-0.1, -0.05) is 32.0 Å². The summed E-state index contributed by atoms with van der Waals surface area (Å²) in [5, 5.41) is 0. The number of hydrogen-bond acceptors (Lipinski definition) is 1. The number of amides is 1. The number of rotatable bonds is 4. The molecule has 70 valence electrons. The van der Waals surface area contributed by atoms with E-state index in [9.17, 15) is 4.79 Å². The lowest BCUT2D eigenvalue weighted by molar-refractivity contribution is -0.107. The summed E-state index contributed by atoms with van der Waals surface area (Å²) < 4.78 is 0. The quantitative estimate of drug-likeness (QED) is 0.646. The van der Waals surface area contributed by atoms with Gasteiger partial charge in [0.15, 0.2) is 0 Å². The van der Waals surface area contributed by atoms with Crippen molar-refractivity contribution >= 4 is 12.1 Å². The molecular weight excluding hydrogens is 162 g/mol. The van der Waals surface area contributed by atoms with Crippen molar-refractivity contribution in [3.63, 3.8) is 0 Å². The van der Waals surface area contributed by atoms with E-state index in [0.717, 1.165) is 18.6 Å². The topological polar surface area (TPSA) is 20.3 Å². The maximum atomic E-state index is 10.8. The third-order valence-corrected chi connectivity index (χ3v) is 1.78. The van der Waals surface area contributed by atoms with E-state index in [1.54, 1.807) is 4.90 Å². The molecule has 2 heteroatoms. The summed E-state index contributed by atoms with van der Waals surface area (Å²) in [6.45, 7) is 4.96. The van der Waals surface area contributed by atoms with Crippen LogP contribution in [0.3, 0.4) is 0 Å². The van der Waals surface area contributed by atoms with E-state index in [1.165, 1.54) is 0 Å². The molecule has 0 aliphatic rings. The van der Waals surface area contributed by atoms with Crippen molar-refractivity contribution in [2.24, 2.45) is 5.92 Å². The number of benzene rings is 1. The number of anilines is 1. The number of hydrogen-bond donors (Lipinski definition) is 0. The minimum absolute atomic E-state index is 0.491. The van der Waals surface area contributed by atoms with Crippen LogP contribution in [0, 0.1) is 5.92 Å². The van der Waals surface area contributed by atoms with Crippen LogP contribution in [0.25, 0.3) is 0 Å². The second-order valence-electron chi connectivity index (χ2n) is 3.49. The molecule has 0 saturated heterocycles. The van der Waals surface area contributed by atoms with E-state index in [-0.39, 0.29) is 0 Å². The monoisotopic (exact) mass is 177 g/mol. The maximum Gasteiger partial charge on any atom is 0.214 e. The molecule has 0 unspecified atom stereocenters. The predicted octanol–water partition coefficient (Wildman–Crippen LogP) is 2.31. The molecule has 0 saturated carbocycles. The van der Waals surface area contributed by atoms with Crippen LogP contribution in [0.2, 0.25) is 0 Å². The smallest absolute Gasteiger partial charge is 0.214 e. The van der Waals surface area contributed by atoms with Gasteiger partial charge in [0.05, 0.1) is 0 Å². The van der Waals surface area contributed by atoms with Crippen LogP contribution in [-0.4, -0.2) is 13.0 Å². The van der Waals surface area contributed by atoms with Crippen LogP contribution in [0.5, 0.6) is 0 Å². The van der Waals surface area contributed by atoms with Gasteiger partial charge >= 0.3 is 0 Å². The van der Waals surface area contributed by atoms with Crippen molar-refractivity contribution in [1.82, 2.24) is 0 Å². The Labute approximate surface area is 79.2 Å². The van der Waals surface area contributed by atoms with Crippen molar-refractivity contribution in [2.75, 3.05) is 11.4 Å². The molecule has 0 fully saturated rings. The Kier molecular flexibility index (Phi) is 3.50. The Morgan fingerprint density at radius 2 is 1.92 bits per heavy atom. The summed E-state index contributed by atoms with van der Waals surface area (Å²) in [4.78, 5) is 12.5. The van der Waals surface area contributed by atoms with Gasteiger partial charge in [-0.15, -0.1) is 0 Å². The average Bonchev–Trinajstić information content (AvgIpc) is 2.15. The second kappa shape index (κ2) is 4.65. The molecule has 0 aliphatic carbocycles. The summed E-state index contributed by atoms with van der Waals surface area (Å²) >= 11 is 0. The molecule has 1 aromatic carbocycles. The Morgan fingerprint density at radius 3 is 2.38 bits per heavy atom. The van der Waals surface area contributed by atoms with Crippen LogP contribution in [0.1, 0.15) is 13.8 Å². The highest BCUT2D eigenvalue weighted by molar-refractivity contribution is 5.74. The van der Waals surface area contributed by atoms with Gasteiger partial charge in [0, 0.05) is 12.2 Å². The highest BCUT2D eigenvalue weighted by Crippen LogP contribution is 2.12. The average molecular weight is 177 g/mol. The zero-order valence-electron chi connectivity index (χ0n) is 8.10. The van der Waals surface area contributed by atoms with Crippen molar-refractivity contribution in [1.29, 1.82) is 0 Å². The molecule has 1 amide bonds. The van der Waals surface area contributed by atoms with Crippen molar-refractivity contribution in [2.45, 2.75) is 13.8 Å². The van der Waals surface area contributed by atoms with Gasteiger partial charge in [0.1, 0.15) is 0 Å². The first kappa shape index (κ1) is 9.78. The van der Waals surface area contributed by atoms with Gasteiger partial charge in [-0.25, -0.2) is 0 Å². The molecule has 0 aliphatic heterocycles. The third kappa shape index (κ3) is 2.90. The van der Waals surface area contributed by atoms with E-state index in [1.807, 2.05) is 30.3 Å². The molecule has 1 rings (SSSR count). The summed E-state index contributed by atoms with van der Waals surface area (Å²) in [6, 6.07) is 9.70. The van der Waals surface area contributed by atoms with Gasteiger partial charge in [0.25, 0.3) is 0 Å². The SMILES string of the molecule is CC(C)CN(C=O)c1ccccc1. The first-order chi connectivity index (χ1) is 6.24. The predicted molar refractivity (Wildman–Crippen MR) is 54.7 cm³/mol. The van der Waals surface area contributed by atoms with E-state index in [0.29, 0.717) is 5.92 Å². The van der Waals surface area contributed by atoms with E-state index in [2.05, 4.69) is 13.8 Å². The molecule has 0 spiro atoms. The molecule has 1 aromatic rings. The van der Waals surface area contributed by atoms with Crippen molar-refractivity contribution in [3.8, 4) is 0 Å². The maximum absolute atomic E-state index is 10.8. The fourth-order valence-corrected chi connectivity index (χ4v) is 1.22. The Hall–Kier alpha value is -1.31. The highest BCUT2D eigenvalue weighted by Gasteiger charge is 2.05. The van der Waals surface area contributed by atoms with Crippen LogP contribution in [0.4, 0.5) is 5.69 Å². The first-order valence-corrected chi connectivity index (χ1v) is 4.51. The Morgan fingerprint density at radius 1 is 1.31 bits per heavy atom. The van der Waals surface area contributed by atoms with Crippen molar-refractivity contribution < 1.29 is 4.79 Å². The van der Waals surface area contributed by atoms with Crippen LogP contribution < -0.4 is 4.90 Å².